The monoisotopic (exact) mass is 518 g/mol. The van der Waals surface area contributed by atoms with E-state index in [1.54, 1.807) is 24.3 Å². The van der Waals surface area contributed by atoms with E-state index in [1.807, 2.05) is 6.92 Å². The van der Waals surface area contributed by atoms with Gasteiger partial charge in [-0.15, -0.1) is 0 Å². The van der Waals surface area contributed by atoms with Gasteiger partial charge in [-0.05, 0) is 55.0 Å². The number of nitrogens with one attached hydrogen (secondary N) is 1. The van der Waals surface area contributed by atoms with Gasteiger partial charge in [0, 0.05) is 5.56 Å². The molecule has 3 aromatic carbocycles. The zero-order valence-electron chi connectivity index (χ0n) is 19.4. The number of hydrogen-bond acceptors (Lipinski definition) is 8. The van der Waals surface area contributed by atoms with Crippen LogP contribution in [0.1, 0.15) is 21.5 Å². The Hall–Kier alpha value is -3.76. The van der Waals surface area contributed by atoms with E-state index in [0.717, 1.165) is 5.56 Å². The zero-order valence-corrected chi connectivity index (χ0v) is 20.9. The number of halogens is 1. The summed E-state index contributed by atoms with van der Waals surface area (Å²) in [7, 11) is 0.164. The summed E-state index contributed by atoms with van der Waals surface area (Å²) in [4.78, 5) is 12.4. The van der Waals surface area contributed by atoms with E-state index < -0.39 is 16.0 Å². The molecule has 1 N–H and O–H groups in total. The molecule has 0 spiro atoms. The number of carbonyl (C=O) groups is 1. The standard InChI is InChI=1S/C24H23ClN2O7S/c1-15-5-8-18(9-6-15)35(29,30)34-23-19(25)11-16(12-22(23)33-4)14-26-27-24(28)17-7-10-20(31-2)21(13-17)32-3/h5-14H,1-4H3,(H,27,28)/b26-14+. The molecule has 184 valence electrons. The molecule has 0 fully saturated rings. The first-order valence-electron chi connectivity index (χ1n) is 10.1. The summed E-state index contributed by atoms with van der Waals surface area (Å²) >= 11 is 6.29. The van der Waals surface area contributed by atoms with E-state index in [0.29, 0.717) is 22.6 Å². The van der Waals surface area contributed by atoms with Crippen LogP contribution in [0, 0.1) is 6.92 Å². The maximum atomic E-state index is 12.7. The molecule has 3 rings (SSSR count). The van der Waals surface area contributed by atoms with Crippen LogP contribution in [-0.2, 0) is 10.1 Å². The minimum Gasteiger partial charge on any atom is -0.493 e. The van der Waals surface area contributed by atoms with Crippen LogP contribution >= 0.6 is 11.6 Å². The Bertz CT molecular complexity index is 1360. The van der Waals surface area contributed by atoms with Crippen LogP contribution in [-0.4, -0.2) is 41.9 Å². The number of hydrazone groups is 1. The van der Waals surface area contributed by atoms with Gasteiger partial charge in [0.15, 0.2) is 17.2 Å². The average Bonchev–Trinajstić information content (AvgIpc) is 2.85. The van der Waals surface area contributed by atoms with Crippen LogP contribution in [0.3, 0.4) is 0 Å². The lowest BCUT2D eigenvalue weighted by molar-refractivity contribution is 0.0954. The Kier molecular flexibility index (Phi) is 8.21. The van der Waals surface area contributed by atoms with Crippen molar-refractivity contribution in [3.8, 4) is 23.0 Å². The van der Waals surface area contributed by atoms with Crippen molar-refractivity contribution < 1.29 is 31.6 Å². The van der Waals surface area contributed by atoms with E-state index in [-0.39, 0.29) is 21.4 Å². The molecule has 0 aliphatic rings. The number of aryl methyl sites for hydroxylation is 1. The molecule has 0 atom stereocenters. The number of carbonyl (C=O) groups excluding carboxylic acids is 1. The number of nitrogens with zero attached hydrogens (tertiary/aromatic N) is 1. The van der Waals surface area contributed by atoms with Gasteiger partial charge in [-0.25, -0.2) is 5.43 Å². The number of ether oxygens (including phenoxy) is 3. The second kappa shape index (κ2) is 11.1. The third kappa shape index (κ3) is 6.23. The number of hydrogen-bond donors (Lipinski definition) is 1. The topological polar surface area (TPSA) is 113 Å². The summed E-state index contributed by atoms with van der Waals surface area (Å²) in [5.74, 6) is 0.310. The van der Waals surface area contributed by atoms with Crippen molar-refractivity contribution in [1.29, 1.82) is 0 Å². The van der Waals surface area contributed by atoms with Crippen molar-refractivity contribution >= 4 is 33.8 Å². The van der Waals surface area contributed by atoms with E-state index in [9.17, 15) is 13.2 Å². The van der Waals surface area contributed by atoms with E-state index in [1.165, 1.54) is 57.9 Å². The van der Waals surface area contributed by atoms with Gasteiger partial charge in [0.1, 0.15) is 4.90 Å². The third-order valence-electron chi connectivity index (χ3n) is 4.78. The fraction of sp³-hybridized carbons (Fsp3) is 0.167. The smallest absolute Gasteiger partial charge is 0.339 e. The molecule has 0 aromatic heterocycles. The van der Waals surface area contributed by atoms with Crippen LogP contribution in [0.2, 0.25) is 5.02 Å². The van der Waals surface area contributed by atoms with E-state index in [4.69, 9.17) is 30.0 Å². The second-order valence-corrected chi connectivity index (χ2v) is 9.11. The van der Waals surface area contributed by atoms with E-state index in [2.05, 4.69) is 10.5 Å². The Morgan fingerprint density at radius 3 is 2.20 bits per heavy atom. The molecule has 0 radical (unpaired) electrons. The lowest BCUT2D eigenvalue weighted by Gasteiger charge is -2.13. The van der Waals surface area contributed by atoms with Crippen LogP contribution in [0.15, 0.2) is 64.6 Å². The highest BCUT2D eigenvalue weighted by Crippen LogP contribution is 2.38. The maximum Gasteiger partial charge on any atom is 0.339 e. The summed E-state index contributed by atoms with van der Waals surface area (Å²) in [5.41, 5.74) is 4.04. The van der Waals surface area contributed by atoms with Crippen molar-refractivity contribution in [3.05, 3.63) is 76.3 Å². The molecule has 11 heteroatoms. The molecular formula is C24H23ClN2O7S. The molecule has 0 aliphatic heterocycles. The molecular weight excluding hydrogens is 496 g/mol. The molecule has 3 aromatic rings. The van der Waals surface area contributed by atoms with Crippen molar-refractivity contribution in [2.45, 2.75) is 11.8 Å². The summed E-state index contributed by atoms with van der Waals surface area (Å²) in [6.45, 7) is 1.84. The average molecular weight is 519 g/mol. The zero-order chi connectivity index (χ0) is 25.6. The Labute approximate surface area is 208 Å². The van der Waals surface area contributed by atoms with Crippen molar-refractivity contribution in [2.75, 3.05) is 21.3 Å². The molecule has 0 unspecified atom stereocenters. The van der Waals surface area contributed by atoms with Gasteiger partial charge in [-0.2, -0.15) is 13.5 Å². The van der Waals surface area contributed by atoms with Gasteiger partial charge in [0.25, 0.3) is 5.91 Å². The number of rotatable bonds is 9. The summed E-state index contributed by atoms with van der Waals surface area (Å²) in [5, 5.41) is 3.90. The molecule has 0 bridgehead atoms. The van der Waals surface area contributed by atoms with Crippen molar-refractivity contribution in [1.82, 2.24) is 5.43 Å². The van der Waals surface area contributed by atoms with Crippen LogP contribution in [0.5, 0.6) is 23.0 Å². The predicted molar refractivity (Wildman–Crippen MR) is 132 cm³/mol. The van der Waals surface area contributed by atoms with Crippen LogP contribution in [0.25, 0.3) is 0 Å². The third-order valence-corrected chi connectivity index (χ3v) is 6.30. The summed E-state index contributed by atoms with van der Waals surface area (Å²) in [6, 6.07) is 13.8. The minimum absolute atomic E-state index is 0.0206. The summed E-state index contributed by atoms with van der Waals surface area (Å²) in [6.07, 6.45) is 1.32. The molecule has 1 amide bonds. The molecule has 0 heterocycles. The first kappa shape index (κ1) is 25.9. The number of methoxy groups -OCH3 is 3. The highest BCUT2D eigenvalue weighted by atomic mass is 35.5. The lowest BCUT2D eigenvalue weighted by atomic mass is 10.2. The van der Waals surface area contributed by atoms with Crippen LogP contribution in [0.4, 0.5) is 0 Å². The quantitative estimate of drug-likeness (QED) is 0.256. The van der Waals surface area contributed by atoms with Crippen LogP contribution < -0.4 is 23.8 Å². The highest BCUT2D eigenvalue weighted by molar-refractivity contribution is 7.87. The SMILES string of the molecule is COc1ccc(C(=O)N/N=C/c2cc(Cl)c(OS(=O)(=O)c3ccc(C)cc3)c(OC)c2)cc1OC. The first-order valence-corrected chi connectivity index (χ1v) is 11.9. The molecule has 0 saturated heterocycles. The van der Waals surface area contributed by atoms with Gasteiger partial charge in [0.05, 0.1) is 32.6 Å². The first-order chi connectivity index (χ1) is 16.7. The fourth-order valence-electron chi connectivity index (χ4n) is 2.97. The largest absolute Gasteiger partial charge is 0.493 e. The Morgan fingerprint density at radius 2 is 1.57 bits per heavy atom. The number of benzene rings is 3. The molecule has 9 nitrogen and oxygen atoms in total. The number of amides is 1. The Balaban J connectivity index is 1.77. The fourth-order valence-corrected chi connectivity index (χ4v) is 4.23. The minimum atomic E-state index is -4.14. The lowest BCUT2D eigenvalue weighted by Crippen LogP contribution is -2.17. The highest BCUT2D eigenvalue weighted by Gasteiger charge is 2.22. The van der Waals surface area contributed by atoms with Gasteiger partial charge in [-0.3, -0.25) is 4.79 Å². The molecule has 35 heavy (non-hydrogen) atoms. The molecule has 0 aliphatic carbocycles. The molecule has 0 saturated carbocycles. The Morgan fingerprint density at radius 1 is 0.914 bits per heavy atom. The summed E-state index contributed by atoms with van der Waals surface area (Å²) < 4.78 is 46.2. The van der Waals surface area contributed by atoms with Gasteiger partial charge in [-0.1, -0.05) is 29.3 Å². The van der Waals surface area contributed by atoms with Gasteiger partial charge in [0.2, 0.25) is 5.75 Å². The normalized spacial score (nSPS) is 11.2. The predicted octanol–water partition coefficient (Wildman–Crippen LogP) is 4.21. The van der Waals surface area contributed by atoms with Gasteiger partial charge >= 0.3 is 10.1 Å². The maximum absolute atomic E-state index is 12.7. The van der Waals surface area contributed by atoms with Gasteiger partial charge < -0.3 is 18.4 Å². The van der Waals surface area contributed by atoms with Crippen molar-refractivity contribution in [3.63, 3.8) is 0 Å². The second-order valence-electron chi connectivity index (χ2n) is 7.15. The van der Waals surface area contributed by atoms with E-state index >= 15 is 0 Å². The van der Waals surface area contributed by atoms with Crippen molar-refractivity contribution in [2.24, 2.45) is 5.10 Å².